The number of nitrogens with one attached hydrogen (secondary N) is 2. The summed E-state index contributed by atoms with van der Waals surface area (Å²) >= 11 is 1.53. The van der Waals surface area contributed by atoms with Gasteiger partial charge >= 0.3 is 0 Å². The molecule has 1 atom stereocenters. The lowest BCUT2D eigenvalue weighted by Gasteiger charge is -2.21. The number of aromatic nitrogens is 2. The highest BCUT2D eigenvalue weighted by Gasteiger charge is 2.27. The molecule has 8 heteroatoms. The molecule has 20 heavy (non-hydrogen) atoms. The summed E-state index contributed by atoms with van der Waals surface area (Å²) in [5.41, 5.74) is 6.00. The van der Waals surface area contributed by atoms with E-state index in [2.05, 4.69) is 14.9 Å². The fourth-order valence-electron chi connectivity index (χ4n) is 1.89. The molecule has 1 unspecified atom stereocenters. The van der Waals surface area contributed by atoms with Gasteiger partial charge in [0.1, 0.15) is 0 Å². The minimum absolute atomic E-state index is 0.0437. The monoisotopic (exact) mass is 314 g/mol. The maximum Gasteiger partial charge on any atom is 0.258 e. The smallest absolute Gasteiger partial charge is 0.258 e. The van der Waals surface area contributed by atoms with E-state index in [0.29, 0.717) is 5.56 Å². The summed E-state index contributed by atoms with van der Waals surface area (Å²) in [5, 5.41) is 8.24. The van der Waals surface area contributed by atoms with Gasteiger partial charge in [-0.25, -0.2) is 13.1 Å². The maximum atomic E-state index is 12.4. The first kappa shape index (κ1) is 15.2. The largest absolute Gasteiger partial charge is 0.326 e. The first-order valence-electron chi connectivity index (χ1n) is 6.23. The summed E-state index contributed by atoms with van der Waals surface area (Å²) in [7, 11) is -3.67. The Morgan fingerprint density at radius 2 is 2.25 bits per heavy atom. The van der Waals surface area contributed by atoms with Gasteiger partial charge in [-0.1, -0.05) is 19.9 Å². The number of nitrogens with two attached hydrogens (primary N) is 1. The molecule has 6 nitrogen and oxygen atoms in total. The number of hydrogen-bond donors (Lipinski definition) is 3. The Kier molecular flexibility index (Phi) is 4.59. The van der Waals surface area contributed by atoms with Gasteiger partial charge in [-0.3, -0.25) is 5.10 Å². The van der Waals surface area contributed by atoms with Crippen molar-refractivity contribution in [2.45, 2.75) is 31.5 Å². The molecular weight excluding hydrogens is 296 g/mol. The highest BCUT2D eigenvalue weighted by atomic mass is 32.2. The molecule has 2 rings (SSSR count). The zero-order valence-corrected chi connectivity index (χ0v) is 13.0. The van der Waals surface area contributed by atoms with Crippen LogP contribution in [0.4, 0.5) is 0 Å². The van der Waals surface area contributed by atoms with Gasteiger partial charge in [-0.15, -0.1) is 11.3 Å². The minimum Gasteiger partial charge on any atom is -0.326 e. The molecule has 0 amide bonds. The van der Waals surface area contributed by atoms with Crippen molar-refractivity contribution in [3.63, 3.8) is 0 Å². The Hall–Kier alpha value is -1.22. The summed E-state index contributed by atoms with van der Waals surface area (Å²) in [6.07, 6.45) is 1.43. The van der Waals surface area contributed by atoms with Crippen LogP contribution in [0.1, 0.15) is 30.3 Å². The molecule has 4 N–H and O–H groups in total. The van der Waals surface area contributed by atoms with Crippen LogP contribution in [-0.2, 0) is 16.6 Å². The van der Waals surface area contributed by atoms with Gasteiger partial charge in [0.25, 0.3) is 10.0 Å². The van der Waals surface area contributed by atoms with E-state index in [1.807, 2.05) is 31.4 Å². The summed E-state index contributed by atoms with van der Waals surface area (Å²) in [5.74, 6) is 0.132. The van der Waals surface area contributed by atoms with Crippen LogP contribution in [-0.4, -0.2) is 18.6 Å². The molecule has 0 bridgehead atoms. The van der Waals surface area contributed by atoms with Crippen LogP contribution >= 0.6 is 11.3 Å². The Morgan fingerprint density at radius 3 is 2.80 bits per heavy atom. The molecule has 0 aromatic carbocycles. The fourth-order valence-corrected chi connectivity index (χ4v) is 4.42. The average Bonchev–Trinajstić information content (AvgIpc) is 3.06. The third-order valence-electron chi connectivity index (χ3n) is 2.97. The van der Waals surface area contributed by atoms with Crippen LogP contribution in [0.25, 0.3) is 0 Å². The van der Waals surface area contributed by atoms with Gasteiger partial charge in [0.15, 0.2) is 5.03 Å². The van der Waals surface area contributed by atoms with E-state index in [1.54, 1.807) is 0 Å². The minimum atomic E-state index is -3.67. The highest BCUT2D eigenvalue weighted by molar-refractivity contribution is 7.89. The van der Waals surface area contributed by atoms with Crippen molar-refractivity contribution in [1.82, 2.24) is 14.9 Å². The van der Waals surface area contributed by atoms with E-state index in [0.717, 1.165) is 4.88 Å². The molecule has 110 valence electrons. The second-order valence-corrected chi connectivity index (χ2v) is 7.42. The highest BCUT2D eigenvalue weighted by Crippen LogP contribution is 2.27. The van der Waals surface area contributed by atoms with Crippen molar-refractivity contribution in [3.05, 3.63) is 34.2 Å². The first-order valence-corrected chi connectivity index (χ1v) is 8.60. The first-order chi connectivity index (χ1) is 9.45. The van der Waals surface area contributed by atoms with Crippen LogP contribution < -0.4 is 10.5 Å². The van der Waals surface area contributed by atoms with Crippen LogP contribution in [0.5, 0.6) is 0 Å². The Labute approximate surface area is 122 Å². The van der Waals surface area contributed by atoms with E-state index in [-0.39, 0.29) is 23.5 Å². The summed E-state index contributed by atoms with van der Waals surface area (Å²) in [6, 6.07) is 3.56. The Bertz CT molecular complexity index is 647. The van der Waals surface area contributed by atoms with Crippen molar-refractivity contribution in [2.75, 3.05) is 0 Å². The molecule has 0 radical (unpaired) electrons. The second kappa shape index (κ2) is 6.04. The van der Waals surface area contributed by atoms with Crippen molar-refractivity contribution >= 4 is 21.4 Å². The van der Waals surface area contributed by atoms with Crippen LogP contribution in [0.3, 0.4) is 0 Å². The second-order valence-electron chi connectivity index (χ2n) is 4.79. The third kappa shape index (κ3) is 3.09. The van der Waals surface area contributed by atoms with Gasteiger partial charge in [-0.05, 0) is 17.4 Å². The maximum absolute atomic E-state index is 12.4. The topological polar surface area (TPSA) is 101 Å². The van der Waals surface area contributed by atoms with Crippen molar-refractivity contribution in [1.29, 1.82) is 0 Å². The Balaban J connectivity index is 2.31. The number of H-pyrrole nitrogens is 1. The number of thiophene rings is 1. The summed E-state index contributed by atoms with van der Waals surface area (Å²) in [4.78, 5) is 0.984. The number of hydrogen-bond acceptors (Lipinski definition) is 5. The van der Waals surface area contributed by atoms with Crippen molar-refractivity contribution in [3.8, 4) is 0 Å². The lowest BCUT2D eigenvalue weighted by molar-refractivity contribution is 0.467. The molecule has 0 spiro atoms. The van der Waals surface area contributed by atoms with Crippen LogP contribution in [0, 0.1) is 5.92 Å². The number of aromatic amines is 1. The van der Waals surface area contributed by atoms with E-state index in [4.69, 9.17) is 5.73 Å². The number of sulfonamides is 1. The number of rotatable bonds is 6. The molecule has 2 aromatic rings. The summed E-state index contributed by atoms with van der Waals surface area (Å²) < 4.78 is 27.6. The van der Waals surface area contributed by atoms with Crippen LogP contribution in [0.15, 0.2) is 28.7 Å². The molecule has 0 aliphatic heterocycles. The Morgan fingerprint density at radius 1 is 1.50 bits per heavy atom. The quantitative estimate of drug-likeness (QED) is 0.754. The lowest BCUT2D eigenvalue weighted by Crippen LogP contribution is -2.32. The van der Waals surface area contributed by atoms with Crippen molar-refractivity contribution < 1.29 is 8.42 Å². The molecule has 0 saturated carbocycles. The number of nitrogens with zero attached hydrogens (tertiary/aromatic N) is 1. The molecule has 2 heterocycles. The van der Waals surface area contributed by atoms with Gasteiger partial charge < -0.3 is 5.73 Å². The molecule has 2 aromatic heterocycles. The van der Waals surface area contributed by atoms with E-state index >= 15 is 0 Å². The average molecular weight is 314 g/mol. The molecule has 0 aliphatic carbocycles. The standard InChI is InChI=1S/C12H18N4O2S2/c1-8(2)11(10-4-3-5-19-10)16-20(17,18)12-9(6-13)7-14-15-12/h3-5,7-8,11,16H,6,13H2,1-2H3,(H,14,15). The molecular formula is C12H18N4O2S2. The van der Waals surface area contributed by atoms with E-state index < -0.39 is 10.0 Å². The van der Waals surface area contributed by atoms with Gasteiger partial charge in [0, 0.05) is 17.0 Å². The summed E-state index contributed by atoms with van der Waals surface area (Å²) in [6.45, 7) is 4.07. The zero-order chi connectivity index (χ0) is 14.8. The van der Waals surface area contributed by atoms with E-state index in [1.165, 1.54) is 17.5 Å². The lowest BCUT2D eigenvalue weighted by atomic mass is 10.0. The van der Waals surface area contributed by atoms with Crippen molar-refractivity contribution in [2.24, 2.45) is 11.7 Å². The van der Waals surface area contributed by atoms with Gasteiger partial charge in [0.05, 0.1) is 12.2 Å². The zero-order valence-electron chi connectivity index (χ0n) is 11.3. The fraction of sp³-hybridized carbons (Fsp3) is 0.417. The molecule has 0 aliphatic rings. The molecule has 0 fully saturated rings. The normalized spacial score (nSPS) is 13.8. The van der Waals surface area contributed by atoms with Gasteiger partial charge in [0.2, 0.25) is 0 Å². The van der Waals surface area contributed by atoms with Gasteiger partial charge in [-0.2, -0.15) is 5.10 Å². The van der Waals surface area contributed by atoms with Crippen LogP contribution in [0.2, 0.25) is 0 Å². The third-order valence-corrected chi connectivity index (χ3v) is 5.38. The predicted molar refractivity (Wildman–Crippen MR) is 78.7 cm³/mol. The predicted octanol–water partition coefficient (Wildman–Crippen LogP) is 1.61. The van der Waals surface area contributed by atoms with E-state index in [9.17, 15) is 8.42 Å². The SMILES string of the molecule is CC(C)C(NS(=O)(=O)c1[nH]ncc1CN)c1cccs1. The molecule has 0 saturated heterocycles.